The van der Waals surface area contributed by atoms with E-state index in [9.17, 15) is 0 Å². The number of hydrogen-bond acceptors (Lipinski definition) is 4. The molecule has 0 spiro atoms. The van der Waals surface area contributed by atoms with Gasteiger partial charge in [0.05, 0.1) is 19.8 Å². The van der Waals surface area contributed by atoms with E-state index in [2.05, 4.69) is 43.2 Å². The van der Waals surface area contributed by atoms with E-state index in [1.807, 2.05) is 0 Å². The fraction of sp³-hybridized carbons (Fsp3) is 0.952. The van der Waals surface area contributed by atoms with E-state index in [0.717, 1.165) is 70.8 Å². The maximum Gasteiger partial charge on any atom is 0.191 e. The number of hydrogen-bond donors (Lipinski definition) is 2. The summed E-state index contributed by atoms with van der Waals surface area (Å²) in [5.74, 6) is 2.31. The van der Waals surface area contributed by atoms with Gasteiger partial charge >= 0.3 is 0 Å². The number of likely N-dealkylation sites (tertiary alicyclic amines) is 1. The molecule has 7 heteroatoms. The van der Waals surface area contributed by atoms with Gasteiger partial charge in [0.2, 0.25) is 0 Å². The molecule has 2 fully saturated rings. The molecular formula is C21H43IN4O2. The summed E-state index contributed by atoms with van der Waals surface area (Å²) in [4.78, 5) is 7.47. The first kappa shape index (κ1) is 25.9. The molecule has 0 aromatic carbocycles. The minimum atomic E-state index is 0. The second-order valence-corrected chi connectivity index (χ2v) is 8.79. The molecule has 2 aliphatic heterocycles. The Kier molecular flexibility index (Phi) is 12.9. The van der Waals surface area contributed by atoms with Crippen LogP contribution in [0.4, 0.5) is 0 Å². The van der Waals surface area contributed by atoms with E-state index in [-0.39, 0.29) is 29.5 Å². The van der Waals surface area contributed by atoms with Crippen LogP contribution in [-0.4, -0.2) is 75.5 Å². The van der Waals surface area contributed by atoms with Gasteiger partial charge < -0.3 is 20.1 Å². The zero-order valence-corrected chi connectivity index (χ0v) is 20.8. The largest absolute Gasteiger partial charge is 0.381 e. The molecule has 2 saturated heterocycles. The summed E-state index contributed by atoms with van der Waals surface area (Å²) in [5.41, 5.74) is 0.101. The lowest BCUT2D eigenvalue weighted by Crippen LogP contribution is -2.51. The monoisotopic (exact) mass is 510 g/mol. The lowest BCUT2D eigenvalue weighted by atomic mass is 9.94. The van der Waals surface area contributed by atoms with Crippen molar-refractivity contribution in [2.24, 2.45) is 16.8 Å². The number of aliphatic imine (C=N–C) groups is 1. The molecule has 0 bridgehead atoms. The van der Waals surface area contributed by atoms with Crippen LogP contribution < -0.4 is 10.6 Å². The van der Waals surface area contributed by atoms with Gasteiger partial charge in [-0.25, -0.2) is 0 Å². The zero-order chi connectivity index (χ0) is 19.5. The van der Waals surface area contributed by atoms with Crippen molar-refractivity contribution in [3.63, 3.8) is 0 Å². The molecule has 6 nitrogen and oxygen atoms in total. The summed E-state index contributed by atoms with van der Waals surface area (Å²) in [7, 11) is 0. The molecule has 2 N–H and O–H groups in total. The molecule has 2 unspecified atom stereocenters. The fourth-order valence-electron chi connectivity index (χ4n) is 3.80. The third-order valence-electron chi connectivity index (χ3n) is 5.62. The highest BCUT2D eigenvalue weighted by atomic mass is 127. The lowest BCUT2D eigenvalue weighted by molar-refractivity contribution is 0.0774. The van der Waals surface area contributed by atoms with Crippen molar-refractivity contribution < 1.29 is 9.47 Å². The Bertz CT molecular complexity index is 442. The van der Waals surface area contributed by atoms with E-state index >= 15 is 0 Å². The molecule has 0 aliphatic carbocycles. The van der Waals surface area contributed by atoms with Gasteiger partial charge in [-0.15, -0.1) is 24.0 Å². The van der Waals surface area contributed by atoms with Gasteiger partial charge in [-0.1, -0.05) is 6.92 Å². The van der Waals surface area contributed by atoms with Gasteiger partial charge in [0, 0.05) is 44.3 Å². The van der Waals surface area contributed by atoms with Crippen LogP contribution in [0.3, 0.4) is 0 Å². The van der Waals surface area contributed by atoms with Crippen molar-refractivity contribution in [3.05, 3.63) is 0 Å². The van der Waals surface area contributed by atoms with Gasteiger partial charge in [0.1, 0.15) is 0 Å². The number of guanidine groups is 1. The highest BCUT2D eigenvalue weighted by Crippen LogP contribution is 2.24. The Hall–Kier alpha value is -0.120. The molecule has 2 heterocycles. The molecule has 0 saturated carbocycles. The van der Waals surface area contributed by atoms with Crippen LogP contribution in [0.5, 0.6) is 0 Å². The third-order valence-corrected chi connectivity index (χ3v) is 5.62. The summed E-state index contributed by atoms with van der Waals surface area (Å²) >= 11 is 0. The SMILES string of the molecule is CCNC(=NCC(C)(C)N1CCCC(C)C1)NCCCOCC1CCOC1.I. The van der Waals surface area contributed by atoms with E-state index in [0.29, 0.717) is 5.92 Å². The van der Waals surface area contributed by atoms with Gasteiger partial charge in [0.25, 0.3) is 0 Å². The topological polar surface area (TPSA) is 58.1 Å². The molecule has 166 valence electrons. The Morgan fingerprint density at radius 1 is 1.29 bits per heavy atom. The Labute approximate surface area is 189 Å². The predicted molar refractivity (Wildman–Crippen MR) is 128 cm³/mol. The number of rotatable bonds is 10. The summed E-state index contributed by atoms with van der Waals surface area (Å²) in [6.45, 7) is 17.4. The number of nitrogens with one attached hydrogen (secondary N) is 2. The number of nitrogens with zero attached hydrogens (tertiary/aromatic N) is 2. The van der Waals surface area contributed by atoms with Gasteiger partial charge in [-0.2, -0.15) is 0 Å². The minimum Gasteiger partial charge on any atom is -0.381 e. The van der Waals surface area contributed by atoms with Crippen molar-refractivity contribution in [2.75, 3.05) is 59.2 Å². The minimum absolute atomic E-state index is 0. The van der Waals surface area contributed by atoms with Gasteiger partial charge in [-0.05, 0) is 58.9 Å². The average Bonchev–Trinajstić information content (AvgIpc) is 3.16. The van der Waals surface area contributed by atoms with E-state index in [4.69, 9.17) is 14.5 Å². The molecule has 0 amide bonds. The first-order valence-corrected chi connectivity index (χ1v) is 10.9. The van der Waals surface area contributed by atoms with Gasteiger partial charge in [0.15, 0.2) is 5.96 Å². The summed E-state index contributed by atoms with van der Waals surface area (Å²) in [6.07, 6.45) is 4.79. The van der Waals surface area contributed by atoms with Crippen LogP contribution in [0.15, 0.2) is 4.99 Å². The molecule has 0 aromatic rings. The Morgan fingerprint density at radius 3 is 2.79 bits per heavy atom. The maximum atomic E-state index is 5.78. The lowest BCUT2D eigenvalue weighted by Gasteiger charge is -2.42. The zero-order valence-electron chi connectivity index (χ0n) is 18.5. The third kappa shape index (κ3) is 9.59. The van der Waals surface area contributed by atoms with Crippen LogP contribution in [0, 0.1) is 11.8 Å². The molecule has 2 aliphatic rings. The fourth-order valence-corrected chi connectivity index (χ4v) is 3.80. The van der Waals surface area contributed by atoms with Crippen molar-refractivity contribution in [1.82, 2.24) is 15.5 Å². The molecule has 0 aromatic heterocycles. The van der Waals surface area contributed by atoms with Crippen molar-refractivity contribution in [1.29, 1.82) is 0 Å². The highest BCUT2D eigenvalue weighted by Gasteiger charge is 2.30. The summed E-state index contributed by atoms with van der Waals surface area (Å²) < 4.78 is 11.2. The van der Waals surface area contributed by atoms with Crippen molar-refractivity contribution in [2.45, 2.75) is 58.9 Å². The average molecular weight is 511 g/mol. The maximum absolute atomic E-state index is 5.78. The van der Waals surface area contributed by atoms with Crippen LogP contribution >= 0.6 is 24.0 Å². The van der Waals surface area contributed by atoms with Crippen LogP contribution in [0.2, 0.25) is 0 Å². The summed E-state index contributed by atoms with van der Waals surface area (Å²) in [5, 5.41) is 6.81. The first-order valence-electron chi connectivity index (χ1n) is 10.9. The first-order chi connectivity index (χ1) is 13.0. The molecule has 2 atom stereocenters. The van der Waals surface area contributed by atoms with E-state index in [1.165, 1.54) is 25.9 Å². The number of ether oxygens (including phenoxy) is 2. The van der Waals surface area contributed by atoms with Crippen LogP contribution in [0.1, 0.15) is 53.4 Å². The van der Waals surface area contributed by atoms with Crippen LogP contribution in [-0.2, 0) is 9.47 Å². The second-order valence-electron chi connectivity index (χ2n) is 8.79. The van der Waals surface area contributed by atoms with Crippen molar-refractivity contribution in [3.8, 4) is 0 Å². The molecule has 2 rings (SSSR count). The molecular weight excluding hydrogens is 467 g/mol. The number of halogens is 1. The van der Waals surface area contributed by atoms with E-state index in [1.54, 1.807) is 0 Å². The Balaban J connectivity index is 0.00000392. The normalized spacial score (nSPS) is 24.1. The Morgan fingerprint density at radius 2 is 2.11 bits per heavy atom. The smallest absolute Gasteiger partial charge is 0.191 e. The van der Waals surface area contributed by atoms with E-state index < -0.39 is 0 Å². The van der Waals surface area contributed by atoms with Crippen molar-refractivity contribution >= 4 is 29.9 Å². The molecule has 0 radical (unpaired) electrons. The van der Waals surface area contributed by atoms with Gasteiger partial charge in [-0.3, -0.25) is 9.89 Å². The summed E-state index contributed by atoms with van der Waals surface area (Å²) in [6, 6.07) is 0. The van der Waals surface area contributed by atoms with Crippen LogP contribution in [0.25, 0.3) is 0 Å². The second kappa shape index (κ2) is 14.0. The predicted octanol–water partition coefficient (Wildman–Crippen LogP) is 3.11. The quantitative estimate of drug-likeness (QED) is 0.205. The molecule has 28 heavy (non-hydrogen) atoms. The number of piperidine rings is 1. The standard InChI is InChI=1S/C21H42N4O2.HI/c1-5-22-20(23-10-7-12-26-15-19-9-13-27-16-19)24-17-21(3,4)25-11-6-8-18(2)14-25;/h18-19H,5-17H2,1-4H3,(H2,22,23,24);1H. The highest BCUT2D eigenvalue weighted by molar-refractivity contribution is 14.0.